The number of rotatable bonds is 6. The second-order valence-electron chi connectivity index (χ2n) is 9.97. The Morgan fingerprint density at radius 1 is 1.02 bits per heavy atom. The molecular formula is C28H23ClF4N8O2. The van der Waals surface area contributed by atoms with Crippen molar-refractivity contribution in [3.8, 4) is 22.9 Å². The van der Waals surface area contributed by atoms with E-state index in [0.29, 0.717) is 48.2 Å². The zero-order chi connectivity index (χ0) is 30.5. The van der Waals surface area contributed by atoms with Crippen LogP contribution in [0.25, 0.3) is 33.1 Å². The van der Waals surface area contributed by atoms with Crippen molar-refractivity contribution in [3.05, 3.63) is 71.2 Å². The van der Waals surface area contributed by atoms with Crippen LogP contribution < -0.4 is 15.5 Å². The lowest BCUT2D eigenvalue weighted by Crippen LogP contribution is -2.53. The molecule has 1 fully saturated rings. The van der Waals surface area contributed by atoms with Gasteiger partial charge in [0, 0.05) is 61.0 Å². The standard InChI is InChI=1S/C28H23ClF4N8O2/c1-15-37-23-13-36-22-12-21(30)18(11-19(22)26(23)41(15)40-8-6-39(7-9-40)14-25(34)42)17-3-2-16(10-20(17)29)43-27-35-5-4-24(38-27)28(31,32)33/h2-5,10-13H,6-9,14H2,1H3,(H2,34,42). The Hall–Kier alpha value is -4.56. The van der Waals surface area contributed by atoms with Gasteiger partial charge in [0.25, 0.3) is 0 Å². The number of hydrogen-bond acceptors (Lipinski definition) is 8. The first kappa shape index (κ1) is 28.6. The zero-order valence-electron chi connectivity index (χ0n) is 22.6. The molecule has 3 aromatic heterocycles. The third kappa shape index (κ3) is 5.62. The number of alkyl halides is 3. The van der Waals surface area contributed by atoms with Crippen LogP contribution in [0.3, 0.4) is 0 Å². The minimum Gasteiger partial charge on any atom is -0.424 e. The molecule has 6 rings (SSSR count). The van der Waals surface area contributed by atoms with Gasteiger partial charge in [-0.15, -0.1) is 0 Å². The Kier molecular flexibility index (Phi) is 7.26. The fourth-order valence-corrected chi connectivity index (χ4v) is 5.45. The summed E-state index contributed by atoms with van der Waals surface area (Å²) in [4.78, 5) is 29.5. The van der Waals surface area contributed by atoms with E-state index in [9.17, 15) is 18.0 Å². The molecule has 0 aliphatic carbocycles. The molecule has 15 heteroatoms. The van der Waals surface area contributed by atoms with E-state index in [1.54, 1.807) is 12.3 Å². The lowest BCUT2D eigenvalue weighted by atomic mass is 10.0. The Bertz CT molecular complexity index is 1870. The van der Waals surface area contributed by atoms with Gasteiger partial charge in [-0.1, -0.05) is 11.6 Å². The maximum absolute atomic E-state index is 15.5. The number of aryl methyl sites for hydroxylation is 1. The summed E-state index contributed by atoms with van der Waals surface area (Å²) in [5.41, 5.74) is 6.50. The molecule has 4 heterocycles. The molecule has 1 amide bonds. The number of piperazine rings is 1. The summed E-state index contributed by atoms with van der Waals surface area (Å²) >= 11 is 6.54. The smallest absolute Gasteiger partial charge is 0.424 e. The quantitative estimate of drug-likeness (QED) is 0.274. The SMILES string of the molecule is Cc1nc2cnc3cc(F)c(-c4ccc(Oc5nccc(C(F)(F)F)n5)cc4Cl)cc3c2n1N1CCN(CC(N)=O)CC1. The Balaban J connectivity index is 1.36. The summed E-state index contributed by atoms with van der Waals surface area (Å²) in [6.45, 7) is 4.53. The van der Waals surface area contributed by atoms with Crippen molar-refractivity contribution in [2.45, 2.75) is 13.1 Å². The van der Waals surface area contributed by atoms with Crippen molar-refractivity contribution >= 4 is 39.4 Å². The number of hydrogen-bond donors (Lipinski definition) is 1. The van der Waals surface area contributed by atoms with Crippen LogP contribution in [-0.4, -0.2) is 68.1 Å². The zero-order valence-corrected chi connectivity index (χ0v) is 23.3. The Labute approximate surface area is 246 Å². The molecule has 1 saturated heterocycles. The van der Waals surface area contributed by atoms with Gasteiger partial charge < -0.3 is 15.5 Å². The van der Waals surface area contributed by atoms with Gasteiger partial charge in [-0.3, -0.25) is 14.7 Å². The van der Waals surface area contributed by atoms with Gasteiger partial charge >= 0.3 is 12.2 Å². The number of nitrogens with zero attached hydrogens (tertiary/aromatic N) is 7. The summed E-state index contributed by atoms with van der Waals surface area (Å²) in [6, 6.07) is 7.48. The molecule has 0 bridgehead atoms. The molecule has 0 unspecified atom stereocenters. The third-order valence-electron chi connectivity index (χ3n) is 7.08. The number of fused-ring (bicyclic) bond motifs is 3. The lowest BCUT2D eigenvalue weighted by Gasteiger charge is -2.36. The number of benzene rings is 2. The van der Waals surface area contributed by atoms with Crippen LogP contribution in [0.15, 0.2) is 48.8 Å². The number of primary amides is 1. The average Bonchev–Trinajstić information content (AvgIpc) is 3.29. The highest BCUT2D eigenvalue weighted by molar-refractivity contribution is 6.33. The maximum Gasteiger partial charge on any atom is 0.433 e. The highest BCUT2D eigenvalue weighted by atomic mass is 35.5. The molecule has 43 heavy (non-hydrogen) atoms. The van der Waals surface area contributed by atoms with E-state index in [1.807, 2.05) is 16.5 Å². The van der Waals surface area contributed by atoms with E-state index in [1.165, 1.54) is 24.3 Å². The fourth-order valence-electron chi connectivity index (χ4n) is 5.18. The molecule has 0 saturated carbocycles. The van der Waals surface area contributed by atoms with Crippen LogP contribution in [0, 0.1) is 12.7 Å². The first-order valence-corrected chi connectivity index (χ1v) is 13.5. The van der Waals surface area contributed by atoms with E-state index in [2.05, 4.69) is 24.9 Å². The first-order chi connectivity index (χ1) is 20.5. The minimum atomic E-state index is -4.66. The second kappa shape index (κ2) is 10.9. The van der Waals surface area contributed by atoms with Gasteiger partial charge in [0.2, 0.25) is 5.91 Å². The molecule has 2 N–H and O–H groups in total. The first-order valence-electron chi connectivity index (χ1n) is 13.1. The molecule has 5 aromatic rings. The van der Waals surface area contributed by atoms with Gasteiger partial charge in [-0.2, -0.15) is 18.2 Å². The monoisotopic (exact) mass is 614 g/mol. The van der Waals surface area contributed by atoms with Gasteiger partial charge in [0.1, 0.15) is 28.4 Å². The molecule has 0 spiro atoms. The molecule has 222 valence electrons. The predicted octanol–water partition coefficient (Wildman–Crippen LogP) is 4.69. The van der Waals surface area contributed by atoms with Gasteiger partial charge in [0.15, 0.2) is 5.69 Å². The van der Waals surface area contributed by atoms with Crippen molar-refractivity contribution in [1.82, 2.24) is 29.5 Å². The van der Waals surface area contributed by atoms with Crippen LogP contribution in [0.4, 0.5) is 17.6 Å². The third-order valence-corrected chi connectivity index (χ3v) is 7.40. The van der Waals surface area contributed by atoms with Crippen molar-refractivity contribution in [2.24, 2.45) is 5.73 Å². The number of amides is 1. The van der Waals surface area contributed by atoms with Crippen LogP contribution >= 0.6 is 11.6 Å². The summed E-state index contributed by atoms with van der Waals surface area (Å²) in [7, 11) is 0. The number of nitrogens with two attached hydrogens (primary N) is 1. The summed E-state index contributed by atoms with van der Waals surface area (Å²) in [5, 5.41) is 2.85. The largest absolute Gasteiger partial charge is 0.433 e. The molecule has 1 aliphatic rings. The molecule has 1 aliphatic heterocycles. The van der Waals surface area contributed by atoms with Gasteiger partial charge in [-0.05, 0) is 31.2 Å². The molecular weight excluding hydrogens is 592 g/mol. The fraction of sp³-hybridized carbons (Fsp3) is 0.250. The number of imidazole rings is 1. The van der Waals surface area contributed by atoms with E-state index >= 15 is 4.39 Å². The van der Waals surface area contributed by atoms with Crippen molar-refractivity contribution < 1.29 is 27.1 Å². The number of aromatic nitrogens is 5. The lowest BCUT2D eigenvalue weighted by molar-refractivity contribution is -0.141. The number of ether oxygens (including phenoxy) is 1. The van der Waals surface area contributed by atoms with E-state index < -0.39 is 23.7 Å². The van der Waals surface area contributed by atoms with Crippen LogP contribution in [0.5, 0.6) is 11.8 Å². The van der Waals surface area contributed by atoms with Crippen molar-refractivity contribution in [1.29, 1.82) is 0 Å². The van der Waals surface area contributed by atoms with E-state index in [4.69, 9.17) is 22.1 Å². The van der Waals surface area contributed by atoms with E-state index in [0.717, 1.165) is 23.6 Å². The number of halogens is 5. The predicted molar refractivity (Wildman–Crippen MR) is 151 cm³/mol. The number of carbonyl (C=O) groups is 1. The topological polar surface area (TPSA) is 115 Å². The van der Waals surface area contributed by atoms with Crippen LogP contribution in [-0.2, 0) is 11.0 Å². The highest BCUT2D eigenvalue weighted by Crippen LogP contribution is 2.37. The molecule has 2 aromatic carbocycles. The normalized spacial score (nSPS) is 14.5. The highest BCUT2D eigenvalue weighted by Gasteiger charge is 2.33. The summed E-state index contributed by atoms with van der Waals surface area (Å²) < 4.78 is 61.9. The van der Waals surface area contributed by atoms with Crippen LogP contribution in [0.1, 0.15) is 11.5 Å². The molecule has 0 atom stereocenters. The van der Waals surface area contributed by atoms with Gasteiger partial charge in [-0.25, -0.2) is 19.0 Å². The Morgan fingerprint density at radius 3 is 2.49 bits per heavy atom. The molecule has 0 radical (unpaired) electrons. The summed E-state index contributed by atoms with van der Waals surface area (Å²) in [6.07, 6.45) is -2.13. The minimum absolute atomic E-state index is 0.0718. The number of pyridine rings is 1. The van der Waals surface area contributed by atoms with Crippen molar-refractivity contribution in [3.63, 3.8) is 0 Å². The summed E-state index contributed by atoms with van der Waals surface area (Å²) in [5.74, 6) is -0.164. The van der Waals surface area contributed by atoms with Crippen molar-refractivity contribution in [2.75, 3.05) is 37.7 Å². The van der Waals surface area contributed by atoms with Gasteiger partial charge in [0.05, 0.1) is 23.3 Å². The number of carbonyl (C=O) groups excluding carboxylic acids is 1. The second-order valence-corrected chi connectivity index (χ2v) is 10.4. The maximum atomic E-state index is 15.5. The Morgan fingerprint density at radius 2 is 1.79 bits per heavy atom. The average molecular weight is 615 g/mol. The molecule has 10 nitrogen and oxygen atoms in total. The van der Waals surface area contributed by atoms with E-state index in [-0.39, 0.29) is 28.8 Å². The van der Waals surface area contributed by atoms with Crippen LogP contribution in [0.2, 0.25) is 5.02 Å².